The van der Waals surface area contributed by atoms with Gasteiger partial charge in [0.2, 0.25) is 10.0 Å². The fraction of sp³-hybridized carbons (Fsp3) is 0.667. The Balaban J connectivity index is 1.92. The van der Waals surface area contributed by atoms with E-state index in [1.165, 1.54) is 16.8 Å². The number of hydrogen-bond acceptors (Lipinski definition) is 4. The molecule has 6 nitrogen and oxygen atoms in total. The molecule has 0 aliphatic heterocycles. The molecule has 7 heteroatoms. The summed E-state index contributed by atoms with van der Waals surface area (Å²) in [6.45, 7) is 8.89. The van der Waals surface area contributed by atoms with Crippen molar-refractivity contribution in [3.05, 3.63) is 23.8 Å². The molecule has 2 bridgehead atoms. The third-order valence-electron chi connectivity index (χ3n) is 7.19. The van der Waals surface area contributed by atoms with E-state index >= 15 is 0 Å². The summed E-state index contributed by atoms with van der Waals surface area (Å²) in [6.07, 6.45) is 3.49. The van der Waals surface area contributed by atoms with Crippen LogP contribution in [-0.4, -0.2) is 45.3 Å². The Bertz CT molecular complexity index is 876. The predicted molar refractivity (Wildman–Crippen MR) is 112 cm³/mol. The molecular weight excluding hydrogens is 374 g/mol. The summed E-state index contributed by atoms with van der Waals surface area (Å²) in [6, 6.07) is 4.94. The largest absolute Gasteiger partial charge is 0.387 e. The molecule has 0 aromatic heterocycles. The molecule has 0 radical (unpaired) electrons. The SMILES string of the molecule is CCN(C)S(=O)(=O)c1cc(C(=O)NC2C3(C)CC[C@H](C3)C2(C)C)ccc1NC. The van der Waals surface area contributed by atoms with Gasteiger partial charge in [-0.3, -0.25) is 4.79 Å². The van der Waals surface area contributed by atoms with Gasteiger partial charge < -0.3 is 10.6 Å². The minimum Gasteiger partial charge on any atom is -0.387 e. The van der Waals surface area contributed by atoms with Crippen LogP contribution in [0.2, 0.25) is 0 Å². The average molecular weight is 408 g/mol. The van der Waals surface area contributed by atoms with Gasteiger partial charge in [0, 0.05) is 32.2 Å². The maximum atomic E-state index is 13.1. The lowest BCUT2D eigenvalue weighted by atomic mass is 9.68. The molecule has 0 saturated heterocycles. The van der Waals surface area contributed by atoms with Crippen LogP contribution >= 0.6 is 0 Å². The van der Waals surface area contributed by atoms with E-state index in [-0.39, 0.29) is 27.7 Å². The van der Waals surface area contributed by atoms with Crippen LogP contribution in [0.1, 0.15) is 57.3 Å². The highest BCUT2D eigenvalue weighted by atomic mass is 32.2. The van der Waals surface area contributed by atoms with Crippen LogP contribution in [0.5, 0.6) is 0 Å². The van der Waals surface area contributed by atoms with E-state index in [0.717, 1.165) is 12.8 Å². The topological polar surface area (TPSA) is 78.5 Å². The molecule has 1 amide bonds. The van der Waals surface area contributed by atoms with E-state index < -0.39 is 10.0 Å². The highest BCUT2D eigenvalue weighted by molar-refractivity contribution is 7.89. The van der Waals surface area contributed by atoms with E-state index in [0.29, 0.717) is 23.7 Å². The number of anilines is 1. The summed E-state index contributed by atoms with van der Waals surface area (Å²) in [5.74, 6) is 0.425. The summed E-state index contributed by atoms with van der Waals surface area (Å²) in [5.41, 5.74) is 1.03. The summed E-state index contributed by atoms with van der Waals surface area (Å²) >= 11 is 0. The van der Waals surface area contributed by atoms with Crippen molar-refractivity contribution in [1.29, 1.82) is 0 Å². The second-order valence-corrected chi connectivity index (χ2v) is 11.2. The van der Waals surface area contributed by atoms with Crippen molar-refractivity contribution in [3.63, 3.8) is 0 Å². The second kappa shape index (κ2) is 7.02. The van der Waals surface area contributed by atoms with E-state index in [1.807, 2.05) is 0 Å². The van der Waals surface area contributed by atoms with Crippen molar-refractivity contribution < 1.29 is 13.2 Å². The lowest BCUT2D eigenvalue weighted by Gasteiger charge is -2.43. The molecule has 2 aliphatic rings. The minimum atomic E-state index is -3.67. The molecule has 1 aromatic rings. The summed E-state index contributed by atoms with van der Waals surface area (Å²) in [4.78, 5) is 13.2. The smallest absolute Gasteiger partial charge is 0.251 e. The Hall–Kier alpha value is -1.60. The third-order valence-corrected chi connectivity index (χ3v) is 9.16. The molecule has 3 atom stereocenters. The lowest BCUT2D eigenvalue weighted by Crippen LogP contribution is -2.52. The molecule has 2 aliphatic carbocycles. The van der Waals surface area contributed by atoms with Crippen LogP contribution in [0.3, 0.4) is 0 Å². The van der Waals surface area contributed by atoms with Gasteiger partial charge in [-0.1, -0.05) is 27.7 Å². The Morgan fingerprint density at radius 2 is 1.96 bits per heavy atom. The molecule has 156 valence electrons. The second-order valence-electron chi connectivity index (χ2n) is 9.20. The van der Waals surface area contributed by atoms with Gasteiger partial charge in [0.15, 0.2) is 0 Å². The number of nitrogens with one attached hydrogen (secondary N) is 2. The number of benzene rings is 1. The number of hydrogen-bond donors (Lipinski definition) is 2. The van der Waals surface area contributed by atoms with Gasteiger partial charge >= 0.3 is 0 Å². The molecule has 28 heavy (non-hydrogen) atoms. The maximum absolute atomic E-state index is 13.1. The van der Waals surface area contributed by atoms with E-state index in [4.69, 9.17) is 0 Å². The van der Waals surface area contributed by atoms with Crippen molar-refractivity contribution in [2.75, 3.05) is 26.0 Å². The Kier molecular flexibility index (Phi) is 5.30. The normalized spacial score (nSPS) is 28.5. The Morgan fingerprint density at radius 1 is 1.29 bits per heavy atom. The summed E-state index contributed by atoms with van der Waals surface area (Å²) in [7, 11) is -0.446. The summed E-state index contributed by atoms with van der Waals surface area (Å²) < 4.78 is 27.0. The van der Waals surface area contributed by atoms with Gasteiger partial charge in [-0.25, -0.2) is 12.7 Å². The highest BCUT2D eigenvalue weighted by Crippen LogP contribution is 2.62. The molecule has 2 N–H and O–H groups in total. The lowest BCUT2D eigenvalue weighted by molar-refractivity contribution is 0.0737. The van der Waals surface area contributed by atoms with Crippen molar-refractivity contribution in [2.24, 2.45) is 16.7 Å². The Labute approximate surface area is 169 Å². The van der Waals surface area contributed by atoms with Crippen molar-refractivity contribution in [2.45, 2.75) is 57.9 Å². The molecular formula is C21H33N3O3S. The molecule has 2 unspecified atom stereocenters. The van der Waals surface area contributed by atoms with Gasteiger partial charge in [0.25, 0.3) is 5.91 Å². The monoisotopic (exact) mass is 407 g/mol. The predicted octanol–water partition coefficient (Wildman–Crippen LogP) is 3.31. The van der Waals surface area contributed by atoms with Gasteiger partial charge in [-0.05, 0) is 54.2 Å². The van der Waals surface area contributed by atoms with Crippen molar-refractivity contribution in [1.82, 2.24) is 9.62 Å². The van der Waals surface area contributed by atoms with Gasteiger partial charge in [0.05, 0.1) is 5.69 Å². The molecule has 0 spiro atoms. The van der Waals surface area contributed by atoms with Crippen LogP contribution in [-0.2, 0) is 10.0 Å². The zero-order valence-electron chi connectivity index (χ0n) is 17.8. The molecule has 3 rings (SSSR count). The van der Waals surface area contributed by atoms with Crippen molar-refractivity contribution in [3.8, 4) is 0 Å². The number of carbonyl (C=O) groups excluding carboxylic acids is 1. The third kappa shape index (κ3) is 3.22. The van der Waals surface area contributed by atoms with Crippen molar-refractivity contribution >= 4 is 21.6 Å². The van der Waals surface area contributed by atoms with Crippen LogP contribution in [0.4, 0.5) is 5.69 Å². The van der Waals surface area contributed by atoms with Crippen LogP contribution in [0, 0.1) is 16.7 Å². The standard InChI is InChI=1S/C21H33N3O3S/c1-7-24(6)28(26,27)17-12-14(8-9-16(17)22-5)18(25)23-19-20(2,3)15-10-11-21(19,4)13-15/h8-9,12,15,19,22H,7,10-11,13H2,1-6H3,(H,23,25)/t15-,19?,21?/m1/s1. The first-order valence-electron chi connectivity index (χ1n) is 10.1. The quantitative estimate of drug-likeness (QED) is 0.758. The number of nitrogens with zero attached hydrogens (tertiary/aromatic N) is 1. The Morgan fingerprint density at radius 3 is 2.50 bits per heavy atom. The van der Waals surface area contributed by atoms with Gasteiger partial charge in [-0.2, -0.15) is 0 Å². The highest BCUT2D eigenvalue weighted by Gasteiger charge is 2.59. The fourth-order valence-electron chi connectivity index (χ4n) is 5.30. The van der Waals surface area contributed by atoms with Gasteiger partial charge in [0.1, 0.15) is 4.90 Å². The van der Waals surface area contributed by atoms with E-state index in [9.17, 15) is 13.2 Å². The molecule has 0 heterocycles. The van der Waals surface area contributed by atoms with E-state index in [1.54, 1.807) is 33.2 Å². The molecule has 2 saturated carbocycles. The number of sulfonamides is 1. The van der Waals surface area contributed by atoms with Gasteiger partial charge in [-0.15, -0.1) is 0 Å². The van der Waals surface area contributed by atoms with Crippen LogP contribution < -0.4 is 10.6 Å². The average Bonchev–Trinajstić information content (AvgIpc) is 3.14. The number of rotatable bonds is 6. The van der Waals surface area contributed by atoms with Crippen LogP contribution in [0.15, 0.2) is 23.1 Å². The molecule has 1 aromatic carbocycles. The van der Waals surface area contributed by atoms with E-state index in [2.05, 4.69) is 31.4 Å². The first-order valence-corrected chi connectivity index (χ1v) is 11.5. The fourth-order valence-corrected chi connectivity index (χ4v) is 6.70. The zero-order chi connectivity index (χ0) is 20.9. The summed E-state index contributed by atoms with van der Waals surface area (Å²) in [5, 5.41) is 6.17. The number of amides is 1. The minimum absolute atomic E-state index is 0.0465. The molecule has 2 fully saturated rings. The first kappa shape index (κ1) is 21.1. The van der Waals surface area contributed by atoms with Crippen LogP contribution in [0.25, 0.3) is 0 Å². The zero-order valence-corrected chi connectivity index (χ0v) is 18.6. The number of carbonyl (C=O) groups is 1. The first-order chi connectivity index (χ1) is 13.0. The number of fused-ring (bicyclic) bond motifs is 2. The maximum Gasteiger partial charge on any atom is 0.251 e.